The number of carbonyl (C=O) groups is 1. The van der Waals surface area contributed by atoms with E-state index in [4.69, 9.17) is 0 Å². The summed E-state index contributed by atoms with van der Waals surface area (Å²) in [6, 6.07) is 5.75. The summed E-state index contributed by atoms with van der Waals surface area (Å²) in [6.45, 7) is 11.6. The number of carbonyl (C=O) groups excluding carboxylic acids is 1. The highest BCUT2D eigenvalue weighted by Crippen LogP contribution is 2.20. The Hall–Kier alpha value is -1.51. The Morgan fingerprint density at radius 3 is 2.20 bits per heavy atom. The minimum Gasteiger partial charge on any atom is -0.388 e. The van der Waals surface area contributed by atoms with Gasteiger partial charge in [0, 0.05) is 24.8 Å². The number of hydrogen-bond acceptors (Lipinski definition) is 2. The lowest BCUT2D eigenvalue weighted by molar-refractivity contribution is 0.0937. The molecule has 0 saturated heterocycles. The topological polar surface area (TPSA) is 41.1 Å². The largest absolute Gasteiger partial charge is 0.388 e. The van der Waals surface area contributed by atoms with E-state index in [1.54, 1.807) is 0 Å². The van der Waals surface area contributed by atoms with Crippen LogP contribution in [0.1, 0.15) is 43.6 Å². The molecule has 0 spiro atoms. The van der Waals surface area contributed by atoms with Crippen molar-refractivity contribution in [2.45, 2.75) is 34.6 Å². The summed E-state index contributed by atoms with van der Waals surface area (Å²) in [4.78, 5) is 12.2. The fourth-order valence-electron chi connectivity index (χ4n) is 2.64. The number of nitrogens with one attached hydrogen (secondary N) is 2. The Bertz CT molecular complexity index is 444. The molecule has 20 heavy (non-hydrogen) atoms. The maximum absolute atomic E-state index is 12.2. The number of amides is 1. The quantitative estimate of drug-likeness (QED) is 0.832. The van der Waals surface area contributed by atoms with Gasteiger partial charge >= 0.3 is 0 Å². The van der Waals surface area contributed by atoms with Gasteiger partial charge in [0.1, 0.15) is 0 Å². The summed E-state index contributed by atoms with van der Waals surface area (Å²) in [7, 11) is 1.89. The smallest absolute Gasteiger partial charge is 0.251 e. The van der Waals surface area contributed by atoms with Crippen LogP contribution in [0.4, 0.5) is 5.69 Å². The molecule has 2 N–H and O–H groups in total. The molecule has 0 saturated carbocycles. The molecule has 0 atom stereocenters. The number of rotatable bonds is 6. The zero-order valence-corrected chi connectivity index (χ0v) is 13.6. The van der Waals surface area contributed by atoms with Crippen LogP contribution in [0.25, 0.3) is 0 Å². The van der Waals surface area contributed by atoms with Crippen LogP contribution >= 0.6 is 0 Å². The Morgan fingerprint density at radius 1 is 1.15 bits per heavy atom. The van der Waals surface area contributed by atoms with Gasteiger partial charge in [-0.2, -0.15) is 0 Å². The zero-order valence-electron chi connectivity index (χ0n) is 13.6. The van der Waals surface area contributed by atoms with Gasteiger partial charge in [0.2, 0.25) is 0 Å². The molecule has 0 heterocycles. The van der Waals surface area contributed by atoms with E-state index < -0.39 is 0 Å². The predicted molar refractivity (Wildman–Crippen MR) is 86.2 cm³/mol. The zero-order chi connectivity index (χ0) is 15.3. The molecule has 0 aliphatic carbocycles. The lowest BCUT2D eigenvalue weighted by atomic mass is 9.85. The Morgan fingerprint density at radius 2 is 1.75 bits per heavy atom. The highest BCUT2D eigenvalue weighted by atomic mass is 16.1. The van der Waals surface area contributed by atoms with Gasteiger partial charge < -0.3 is 10.6 Å². The van der Waals surface area contributed by atoms with Crippen molar-refractivity contribution in [1.82, 2.24) is 5.32 Å². The highest BCUT2D eigenvalue weighted by molar-refractivity contribution is 5.94. The number of aryl methyl sites for hydroxylation is 1. The minimum atomic E-state index is 0.0158. The average molecular weight is 276 g/mol. The molecule has 3 heteroatoms. The van der Waals surface area contributed by atoms with Crippen LogP contribution < -0.4 is 10.6 Å². The van der Waals surface area contributed by atoms with Gasteiger partial charge in [-0.05, 0) is 48.4 Å². The van der Waals surface area contributed by atoms with E-state index in [-0.39, 0.29) is 5.91 Å². The first-order valence-electron chi connectivity index (χ1n) is 7.43. The van der Waals surface area contributed by atoms with Gasteiger partial charge in [-0.25, -0.2) is 0 Å². The van der Waals surface area contributed by atoms with Gasteiger partial charge in [0.05, 0.1) is 0 Å². The first kappa shape index (κ1) is 16.5. The monoisotopic (exact) mass is 276 g/mol. The predicted octanol–water partition coefficient (Wildman–Crippen LogP) is 3.69. The van der Waals surface area contributed by atoms with Crippen LogP contribution in [0.3, 0.4) is 0 Å². The average Bonchev–Trinajstić information content (AvgIpc) is 2.37. The fourth-order valence-corrected chi connectivity index (χ4v) is 2.64. The van der Waals surface area contributed by atoms with Crippen molar-refractivity contribution in [3.05, 3.63) is 29.3 Å². The fraction of sp³-hybridized carbons (Fsp3) is 0.588. The van der Waals surface area contributed by atoms with E-state index in [0.717, 1.165) is 23.4 Å². The molecule has 0 unspecified atom stereocenters. The molecule has 1 rings (SSSR count). The van der Waals surface area contributed by atoms with Crippen molar-refractivity contribution < 1.29 is 4.79 Å². The second-order valence-corrected chi connectivity index (χ2v) is 6.14. The van der Waals surface area contributed by atoms with E-state index in [1.165, 1.54) is 0 Å². The Labute approximate surface area is 123 Å². The first-order chi connectivity index (χ1) is 9.36. The third-order valence-corrected chi connectivity index (χ3v) is 3.97. The molecular weight excluding hydrogens is 248 g/mol. The van der Waals surface area contributed by atoms with Gasteiger partial charge in [-0.1, -0.05) is 27.7 Å². The maximum atomic E-state index is 12.2. The van der Waals surface area contributed by atoms with Crippen molar-refractivity contribution in [3.63, 3.8) is 0 Å². The number of benzene rings is 1. The van der Waals surface area contributed by atoms with E-state index in [9.17, 15) is 4.79 Å². The number of anilines is 1. The summed E-state index contributed by atoms with van der Waals surface area (Å²) in [5.74, 6) is 1.67. The van der Waals surface area contributed by atoms with E-state index >= 15 is 0 Å². The molecule has 1 amide bonds. The second kappa shape index (κ2) is 7.32. The summed E-state index contributed by atoms with van der Waals surface area (Å²) >= 11 is 0. The summed E-state index contributed by atoms with van der Waals surface area (Å²) < 4.78 is 0. The van der Waals surface area contributed by atoms with Gasteiger partial charge in [0.25, 0.3) is 5.91 Å². The Kier molecular flexibility index (Phi) is 6.05. The molecule has 0 aliphatic heterocycles. The standard InChI is InChI=1S/C17H28N2O/c1-11(2)15(12(3)4)10-19-17(20)14-7-8-16(18-6)13(5)9-14/h7-9,11-12,15,18H,10H2,1-6H3,(H,19,20). The molecule has 112 valence electrons. The normalized spacial score (nSPS) is 11.2. The van der Waals surface area contributed by atoms with E-state index in [2.05, 4.69) is 38.3 Å². The van der Waals surface area contributed by atoms with Crippen molar-refractivity contribution in [3.8, 4) is 0 Å². The molecule has 0 bridgehead atoms. The molecular formula is C17H28N2O. The molecule has 0 radical (unpaired) electrons. The van der Waals surface area contributed by atoms with Crippen molar-refractivity contribution in [2.75, 3.05) is 18.9 Å². The third-order valence-electron chi connectivity index (χ3n) is 3.97. The third kappa shape index (κ3) is 4.26. The number of hydrogen-bond donors (Lipinski definition) is 2. The van der Waals surface area contributed by atoms with Crippen molar-refractivity contribution in [2.24, 2.45) is 17.8 Å². The summed E-state index contributed by atoms with van der Waals surface area (Å²) in [5.41, 5.74) is 2.88. The second-order valence-electron chi connectivity index (χ2n) is 6.14. The van der Waals surface area contributed by atoms with Gasteiger partial charge in [0.15, 0.2) is 0 Å². The van der Waals surface area contributed by atoms with Crippen LogP contribution in [-0.2, 0) is 0 Å². The molecule has 0 fully saturated rings. The van der Waals surface area contributed by atoms with Crippen molar-refractivity contribution in [1.29, 1.82) is 0 Å². The summed E-state index contributed by atoms with van der Waals surface area (Å²) in [6.07, 6.45) is 0. The molecule has 1 aromatic rings. The van der Waals surface area contributed by atoms with Gasteiger partial charge in [-0.15, -0.1) is 0 Å². The minimum absolute atomic E-state index is 0.0158. The maximum Gasteiger partial charge on any atom is 0.251 e. The summed E-state index contributed by atoms with van der Waals surface area (Å²) in [5, 5.41) is 6.18. The molecule has 0 aromatic heterocycles. The van der Waals surface area contributed by atoms with Crippen LogP contribution in [0, 0.1) is 24.7 Å². The Balaban J connectivity index is 2.69. The van der Waals surface area contributed by atoms with Gasteiger partial charge in [-0.3, -0.25) is 4.79 Å². The molecule has 3 nitrogen and oxygen atoms in total. The van der Waals surface area contributed by atoms with Crippen LogP contribution in [0.5, 0.6) is 0 Å². The highest BCUT2D eigenvalue weighted by Gasteiger charge is 2.18. The molecule has 0 aliphatic rings. The van der Waals surface area contributed by atoms with Crippen molar-refractivity contribution >= 4 is 11.6 Å². The molecule has 1 aromatic carbocycles. The van der Waals surface area contributed by atoms with Crippen LogP contribution in [-0.4, -0.2) is 19.5 Å². The SMILES string of the molecule is CNc1ccc(C(=O)NCC(C(C)C)C(C)C)cc1C. The lowest BCUT2D eigenvalue weighted by Crippen LogP contribution is -2.33. The van der Waals surface area contributed by atoms with Crippen LogP contribution in [0.15, 0.2) is 18.2 Å². The van der Waals surface area contributed by atoms with E-state index in [0.29, 0.717) is 17.8 Å². The first-order valence-corrected chi connectivity index (χ1v) is 7.43. The van der Waals surface area contributed by atoms with Crippen LogP contribution in [0.2, 0.25) is 0 Å². The van der Waals surface area contributed by atoms with E-state index in [1.807, 2.05) is 32.2 Å². The lowest BCUT2D eigenvalue weighted by Gasteiger charge is -2.25.